The lowest BCUT2D eigenvalue weighted by atomic mass is 10.4. The summed E-state index contributed by atoms with van der Waals surface area (Å²) in [6, 6.07) is 27.1. The van der Waals surface area contributed by atoms with Crippen LogP contribution in [-0.4, -0.2) is 0 Å². The third kappa shape index (κ3) is 8.70. The van der Waals surface area contributed by atoms with Crippen LogP contribution in [0.5, 0.6) is 0 Å². The summed E-state index contributed by atoms with van der Waals surface area (Å²) in [6.45, 7) is 0. The predicted octanol–water partition coefficient (Wildman–Crippen LogP) is 4.65. The maximum absolute atomic E-state index is 5.12. The van der Waals surface area contributed by atoms with Gasteiger partial charge in [-0.3, -0.25) is 0 Å². The second kappa shape index (κ2) is 10.2. The Balaban J connectivity index is 3.01. The maximum Gasteiger partial charge on any atom is 0.0901 e. The monoisotopic (exact) mass is 224 g/mol. The normalized spacial score (nSPS) is 8.00. The first-order chi connectivity index (χ1) is 8.50. The van der Waals surface area contributed by atoms with E-state index in [1.165, 1.54) is 0 Å². The van der Waals surface area contributed by atoms with Gasteiger partial charge in [-0.1, -0.05) is 72.8 Å². The molecule has 1 rings (SSSR count). The van der Waals surface area contributed by atoms with Crippen LogP contribution in [-0.2, 0) is 0 Å². The van der Waals surface area contributed by atoms with E-state index in [1.54, 1.807) is 12.5 Å². The molecule has 0 aliphatic heterocycles. The van der Waals surface area contributed by atoms with Gasteiger partial charge in [0.25, 0.3) is 0 Å². The molecule has 1 aromatic rings. The highest BCUT2D eigenvalue weighted by atomic mass is 16.3. The van der Waals surface area contributed by atoms with Crippen LogP contribution in [0.3, 0.4) is 0 Å². The van der Waals surface area contributed by atoms with Gasteiger partial charge in [-0.05, 0) is 12.1 Å². The minimum absolute atomic E-state index is 1.62. The van der Waals surface area contributed by atoms with Gasteiger partial charge >= 0.3 is 0 Å². The smallest absolute Gasteiger partial charge is 0.0901 e. The van der Waals surface area contributed by atoms with Crippen LogP contribution in [0.15, 0.2) is 102 Å². The van der Waals surface area contributed by atoms with Crippen molar-refractivity contribution in [3.8, 4) is 0 Å². The van der Waals surface area contributed by atoms with E-state index >= 15 is 0 Å². The van der Waals surface area contributed by atoms with E-state index in [2.05, 4.69) is 0 Å². The van der Waals surface area contributed by atoms with Gasteiger partial charge in [0.1, 0.15) is 0 Å². The topological polar surface area (TPSA) is 13.1 Å². The molecule has 86 valence electrons. The fourth-order valence-electron chi connectivity index (χ4n) is 0.997. The van der Waals surface area contributed by atoms with Crippen LogP contribution in [0.25, 0.3) is 0 Å². The van der Waals surface area contributed by atoms with Crippen LogP contribution >= 0.6 is 0 Å². The van der Waals surface area contributed by atoms with Gasteiger partial charge in [0, 0.05) is 0 Å². The summed E-state index contributed by atoms with van der Waals surface area (Å²) in [5, 5.41) is 0. The Morgan fingerprint density at radius 1 is 0.294 bits per heavy atom. The maximum atomic E-state index is 5.12. The Hall–Kier alpha value is -2.28. The molecule has 1 heterocycles. The molecule has 0 aliphatic rings. The molecule has 0 radical (unpaired) electrons. The van der Waals surface area contributed by atoms with Gasteiger partial charge in [-0.15, -0.1) is 0 Å². The molecule has 17 heavy (non-hydrogen) atoms. The van der Waals surface area contributed by atoms with Crippen LogP contribution < -0.4 is 0 Å². The van der Waals surface area contributed by atoms with Gasteiger partial charge in [0.2, 0.25) is 0 Å². The molecule has 1 nitrogen and oxygen atoms in total. The van der Waals surface area contributed by atoms with E-state index in [0.717, 1.165) is 0 Å². The molecule has 0 saturated carbocycles. The van der Waals surface area contributed by atoms with Crippen molar-refractivity contribution in [2.75, 3.05) is 0 Å². The summed E-state index contributed by atoms with van der Waals surface area (Å²) in [5.41, 5.74) is 0. The first-order valence-electron chi connectivity index (χ1n) is 5.47. The van der Waals surface area contributed by atoms with Crippen LogP contribution in [0.1, 0.15) is 0 Å². The van der Waals surface area contributed by atoms with Crippen molar-refractivity contribution in [3.63, 3.8) is 0 Å². The fraction of sp³-hybridized carbons (Fsp3) is 0. The highest BCUT2D eigenvalue weighted by molar-refractivity contribution is 4.97. The van der Waals surface area contributed by atoms with Crippen molar-refractivity contribution in [2.45, 2.75) is 0 Å². The Morgan fingerprint density at radius 3 is 0.824 bits per heavy atom. The van der Waals surface area contributed by atoms with Crippen molar-refractivity contribution >= 4 is 0 Å². The quantitative estimate of drug-likeness (QED) is 0.625. The van der Waals surface area contributed by atoms with Crippen molar-refractivity contribution in [2.24, 2.45) is 0 Å². The Morgan fingerprint density at radius 2 is 0.529 bits per heavy atom. The van der Waals surface area contributed by atoms with Crippen molar-refractivity contribution in [3.05, 3.63) is 97.5 Å². The fourth-order valence-corrected chi connectivity index (χ4v) is 0.997. The summed E-state index contributed by atoms with van der Waals surface area (Å²) in [4.78, 5) is 0. The minimum atomic E-state index is 1.62. The summed E-state index contributed by atoms with van der Waals surface area (Å²) < 4.78 is 5.12. The first kappa shape index (κ1) is 12.8. The van der Waals surface area contributed by atoms with Gasteiger partial charge in [-0.2, -0.15) is 0 Å². The van der Waals surface area contributed by atoms with E-state index in [4.69, 9.17) is 4.42 Å². The van der Waals surface area contributed by atoms with Gasteiger partial charge < -0.3 is 4.42 Å². The summed E-state index contributed by atoms with van der Waals surface area (Å²) >= 11 is 0. The first-order valence-corrected chi connectivity index (χ1v) is 5.47. The lowest BCUT2D eigenvalue weighted by molar-refractivity contribution is 0.554. The molecule has 0 bridgehead atoms. The predicted molar refractivity (Wildman–Crippen MR) is 71.6 cm³/mol. The Kier molecular flexibility index (Phi) is 7.71. The molecule has 0 atom stereocenters. The van der Waals surface area contributed by atoms with Crippen LogP contribution in [0.2, 0.25) is 0 Å². The zero-order chi connectivity index (χ0) is 12.0. The average molecular weight is 224 g/mol. The van der Waals surface area contributed by atoms with E-state index in [0.29, 0.717) is 0 Å². The molecule has 1 aromatic heterocycles. The van der Waals surface area contributed by atoms with Crippen LogP contribution in [0.4, 0.5) is 0 Å². The number of rotatable bonds is 0. The Labute approximate surface area is 102 Å². The highest BCUT2D eigenvalue weighted by Crippen LogP contribution is 1.80. The molecule has 1 heteroatoms. The second-order valence-corrected chi connectivity index (χ2v) is 3.10. The van der Waals surface area contributed by atoms with Gasteiger partial charge in [0.05, 0.1) is 12.5 Å². The molecule has 0 unspecified atom stereocenters. The molecule has 0 amide bonds. The number of hydrogen-bond acceptors (Lipinski definition) is 1. The SMILES string of the molecule is c1ccccccccoccccccc1. The summed E-state index contributed by atoms with van der Waals surface area (Å²) in [7, 11) is 0. The van der Waals surface area contributed by atoms with Gasteiger partial charge in [-0.25, -0.2) is 0 Å². The molecule has 0 saturated heterocycles. The third-order valence-electron chi connectivity index (χ3n) is 1.76. The van der Waals surface area contributed by atoms with E-state index < -0.39 is 0 Å². The third-order valence-corrected chi connectivity index (χ3v) is 1.76. The molecule has 0 N–H and O–H groups in total. The molecular weight excluding hydrogens is 208 g/mol. The van der Waals surface area contributed by atoms with E-state index in [1.807, 2.05) is 84.9 Å². The summed E-state index contributed by atoms with van der Waals surface area (Å²) in [6.07, 6.45) is 3.25. The second-order valence-electron chi connectivity index (χ2n) is 3.10. The van der Waals surface area contributed by atoms with E-state index in [9.17, 15) is 0 Å². The largest absolute Gasteiger partial charge is 0.473 e. The lowest BCUT2D eigenvalue weighted by Gasteiger charge is -1.69. The lowest BCUT2D eigenvalue weighted by Crippen LogP contribution is -1.45. The summed E-state index contributed by atoms with van der Waals surface area (Å²) in [5.74, 6) is 0. The number of hydrogen-bond donors (Lipinski definition) is 0. The van der Waals surface area contributed by atoms with Crippen LogP contribution in [0, 0.1) is 0 Å². The molecule has 0 spiro atoms. The standard InChI is InChI=1S/C16H16O/c1-2-4-6-8-10-12-14-16-17-15-13-11-9-7-5-3-1/h1-16H. The zero-order valence-corrected chi connectivity index (χ0v) is 9.65. The molecule has 0 aliphatic carbocycles. The van der Waals surface area contributed by atoms with Gasteiger partial charge in [0.15, 0.2) is 0 Å². The average Bonchev–Trinajstić information content (AvgIpc) is 2.35. The van der Waals surface area contributed by atoms with Crippen molar-refractivity contribution in [1.82, 2.24) is 0 Å². The Bertz CT molecular complexity index is 276. The zero-order valence-electron chi connectivity index (χ0n) is 9.65. The molecule has 0 fully saturated rings. The minimum Gasteiger partial charge on any atom is -0.473 e. The van der Waals surface area contributed by atoms with Crippen molar-refractivity contribution < 1.29 is 4.42 Å². The van der Waals surface area contributed by atoms with E-state index in [-0.39, 0.29) is 0 Å². The highest BCUT2D eigenvalue weighted by Gasteiger charge is 1.59. The van der Waals surface area contributed by atoms with Crippen molar-refractivity contribution in [1.29, 1.82) is 0 Å². The molecule has 0 aromatic carbocycles. The molecular formula is C16H16O.